The number of ether oxygens (including phenoxy) is 2. The number of carbonyl (C=O) groups excluding carboxylic acids is 2. The van der Waals surface area contributed by atoms with E-state index in [1.807, 2.05) is 4.90 Å². The van der Waals surface area contributed by atoms with Crippen molar-refractivity contribution in [2.75, 3.05) is 35.3 Å². The van der Waals surface area contributed by atoms with Crippen LogP contribution in [0.15, 0.2) is 23.0 Å². The number of nitrogens with zero attached hydrogens (tertiary/aromatic N) is 2. The Morgan fingerprint density at radius 2 is 2.00 bits per heavy atom. The number of aromatic nitrogens is 2. The van der Waals surface area contributed by atoms with Gasteiger partial charge in [-0.25, -0.2) is 0 Å². The molecule has 0 saturated carbocycles. The molecule has 0 radical (unpaired) electrons. The largest absolute Gasteiger partial charge is 0.486 e. The standard InChI is InChI=1S/C22H25N5O5/c1-12-4-2-3-7-27(12)22-25-19-18(21(30)26-22)14(11-17(28)24-19)20(29)23-13-5-6-15-16(10-13)32-9-8-31-15/h5-6,10,12,14H,2-4,7-9,11H2,1H3,(H,23,29)(H2,24,25,26,28,30)/t12-,14+/m0/s1. The van der Waals surface area contributed by atoms with Gasteiger partial charge in [-0.05, 0) is 38.3 Å². The van der Waals surface area contributed by atoms with Crippen LogP contribution >= 0.6 is 0 Å². The van der Waals surface area contributed by atoms with E-state index in [2.05, 4.69) is 27.5 Å². The van der Waals surface area contributed by atoms with E-state index in [9.17, 15) is 14.4 Å². The summed E-state index contributed by atoms with van der Waals surface area (Å²) in [7, 11) is 0. The molecule has 32 heavy (non-hydrogen) atoms. The van der Waals surface area contributed by atoms with Crippen LogP contribution in [0.25, 0.3) is 0 Å². The second-order valence-corrected chi connectivity index (χ2v) is 8.34. The molecule has 0 aliphatic carbocycles. The number of hydrogen-bond acceptors (Lipinski definition) is 7. The van der Waals surface area contributed by atoms with Crippen LogP contribution < -0.4 is 30.6 Å². The van der Waals surface area contributed by atoms with Crippen LogP contribution in [0.1, 0.15) is 44.1 Å². The first-order valence-electron chi connectivity index (χ1n) is 10.9. The van der Waals surface area contributed by atoms with Crippen molar-refractivity contribution in [3.05, 3.63) is 34.1 Å². The van der Waals surface area contributed by atoms with Gasteiger partial charge < -0.3 is 25.0 Å². The van der Waals surface area contributed by atoms with E-state index < -0.39 is 17.4 Å². The highest BCUT2D eigenvalue weighted by molar-refractivity contribution is 6.04. The van der Waals surface area contributed by atoms with Crippen molar-refractivity contribution in [3.8, 4) is 11.5 Å². The third kappa shape index (κ3) is 3.76. The SMILES string of the molecule is C[C@H]1CCCCN1c1nc2c(c(=O)[nH]1)[C@H](C(=O)Nc1ccc3c(c1)OCCO3)CC(=O)N2. The summed E-state index contributed by atoms with van der Waals surface area (Å²) < 4.78 is 11.0. The Bertz CT molecular complexity index is 1130. The minimum atomic E-state index is -0.948. The number of anilines is 3. The first-order chi connectivity index (χ1) is 15.5. The van der Waals surface area contributed by atoms with Crippen molar-refractivity contribution in [3.63, 3.8) is 0 Å². The molecule has 0 bridgehead atoms. The summed E-state index contributed by atoms with van der Waals surface area (Å²) in [4.78, 5) is 47.8. The predicted octanol–water partition coefficient (Wildman–Crippen LogP) is 1.98. The first kappa shape index (κ1) is 20.3. The van der Waals surface area contributed by atoms with Gasteiger partial charge >= 0.3 is 0 Å². The Balaban J connectivity index is 1.43. The summed E-state index contributed by atoms with van der Waals surface area (Å²) in [5.41, 5.74) is 0.257. The Labute approximate surface area is 184 Å². The highest BCUT2D eigenvalue weighted by Crippen LogP contribution is 2.34. The summed E-state index contributed by atoms with van der Waals surface area (Å²) in [6, 6.07) is 5.31. The molecular formula is C22H25N5O5. The fourth-order valence-corrected chi connectivity index (χ4v) is 4.48. The number of amides is 2. The highest BCUT2D eigenvalue weighted by atomic mass is 16.6. The third-order valence-corrected chi connectivity index (χ3v) is 6.14. The number of hydrogen-bond donors (Lipinski definition) is 3. The van der Waals surface area contributed by atoms with Crippen LogP contribution in [0.2, 0.25) is 0 Å². The lowest BCUT2D eigenvalue weighted by Gasteiger charge is -2.34. The Hall–Kier alpha value is -3.56. The smallest absolute Gasteiger partial charge is 0.258 e. The number of aromatic amines is 1. The van der Waals surface area contributed by atoms with Crippen LogP contribution in [-0.4, -0.2) is 47.6 Å². The Morgan fingerprint density at radius 3 is 2.81 bits per heavy atom. The minimum Gasteiger partial charge on any atom is -0.486 e. The maximum Gasteiger partial charge on any atom is 0.258 e. The molecule has 0 unspecified atom stereocenters. The monoisotopic (exact) mass is 439 g/mol. The third-order valence-electron chi connectivity index (χ3n) is 6.14. The fourth-order valence-electron chi connectivity index (χ4n) is 4.48. The average molecular weight is 439 g/mol. The van der Waals surface area contributed by atoms with Crippen LogP contribution in [0.3, 0.4) is 0 Å². The molecule has 0 spiro atoms. The molecular weight excluding hydrogens is 414 g/mol. The number of H-pyrrole nitrogens is 1. The van der Waals surface area contributed by atoms with Crippen molar-refractivity contribution in [2.45, 2.75) is 44.6 Å². The zero-order chi connectivity index (χ0) is 22.2. The summed E-state index contributed by atoms with van der Waals surface area (Å²) in [6.45, 7) is 3.77. The molecule has 3 N–H and O–H groups in total. The molecule has 2 atom stereocenters. The molecule has 1 saturated heterocycles. The second-order valence-electron chi connectivity index (χ2n) is 8.34. The zero-order valence-corrected chi connectivity index (χ0v) is 17.8. The zero-order valence-electron chi connectivity index (χ0n) is 17.8. The van der Waals surface area contributed by atoms with Crippen LogP contribution in [0.5, 0.6) is 11.5 Å². The van der Waals surface area contributed by atoms with Gasteiger partial charge in [0.15, 0.2) is 11.5 Å². The van der Waals surface area contributed by atoms with Gasteiger partial charge in [-0.3, -0.25) is 19.4 Å². The molecule has 1 aromatic carbocycles. The van der Waals surface area contributed by atoms with Crippen LogP contribution in [-0.2, 0) is 9.59 Å². The van der Waals surface area contributed by atoms with Crippen LogP contribution in [0.4, 0.5) is 17.5 Å². The van der Waals surface area contributed by atoms with Crippen molar-refractivity contribution in [1.29, 1.82) is 0 Å². The molecule has 2 amide bonds. The highest BCUT2D eigenvalue weighted by Gasteiger charge is 2.35. The van der Waals surface area contributed by atoms with Gasteiger partial charge in [0.05, 0.1) is 11.5 Å². The van der Waals surface area contributed by atoms with E-state index in [0.29, 0.717) is 36.3 Å². The summed E-state index contributed by atoms with van der Waals surface area (Å²) in [6.07, 6.45) is 3.02. The fraction of sp³-hybridized carbons (Fsp3) is 0.455. The lowest BCUT2D eigenvalue weighted by molar-refractivity contribution is -0.123. The topological polar surface area (TPSA) is 126 Å². The lowest BCUT2D eigenvalue weighted by Crippen LogP contribution is -2.42. The number of piperidine rings is 1. The van der Waals surface area contributed by atoms with Gasteiger partial charge in [0.25, 0.3) is 5.56 Å². The van der Waals surface area contributed by atoms with Crippen molar-refractivity contribution < 1.29 is 19.1 Å². The second kappa shape index (κ2) is 8.18. The molecule has 5 rings (SSSR count). The van der Waals surface area contributed by atoms with Crippen molar-refractivity contribution >= 4 is 29.3 Å². The number of fused-ring (bicyclic) bond motifs is 2. The molecule has 10 heteroatoms. The minimum absolute atomic E-state index is 0.131. The van der Waals surface area contributed by atoms with Crippen molar-refractivity contribution in [2.24, 2.45) is 0 Å². The molecule has 10 nitrogen and oxygen atoms in total. The molecule has 3 aliphatic heterocycles. The van der Waals surface area contributed by atoms with Gasteiger partial charge in [0.1, 0.15) is 19.0 Å². The van der Waals surface area contributed by atoms with E-state index in [-0.39, 0.29) is 29.8 Å². The summed E-state index contributed by atoms with van der Waals surface area (Å²) in [5.74, 6) is -0.0302. The first-order valence-corrected chi connectivity index (χ1v) is 10.9. The Kier molecular flexibility index (Phi) is 5.20. The summed E-state index contributed by atoms with van der Waals surface area (Å²) >= 11 is 0. The molecule has 4 heterocycles. The normalized spacial score (nSPS) is 22.0. The molecule has 1 aromatic heterocycles. The van der Waals surface area contributed by atoms with E-state index in [0.717, 1.165) is 25.8 Å². The van der Waals surface area contributed by atoms with E-state index in [1.165, 1.54) is 0 Å². The number of nitrogens with one attached hydrogen (secondary N) is 3. The number of benzene rings is 1. The van der Waals surface area contributed by atoms with Gasteiger partial charge in [-0.1, -0.05) is 0 Å². The molecule has 1 fully saturated rings. The average Bonchev–Trinajstić information content (AvgIpc) is 2.78. The van der Waals surface area contributed by atoms with Crippen LogP contribution in [0, 0.1) is 0 Å². The quantitative estimate of drug-likeness (QED) is 0.668. The van der Waals surface area contributed by atoms with Gasteiger partial charge in [0.2, 0.25) is 17.8 Å². The maximum atomic E-state index is 13.1. The van der Waals surface area contributed by atoms with Gasteiger partial charge in [-0.15, -0.1) is 0 Å². The number of rotatable bonds is 3. The van der Waals surface area contributed by atoms with Gasteiger partial charge in [0, 0.05) is 30.8 Å². The maximum absolute atomic E-state index is 13.1. The molecule has 168 valence electrons. The van der Waals surface area contributed by atoms with E-state index in [4.69, 9.17) is 9.47 Å². The van der Waals surface area contributed by atoms with Crippen molar-refractivity contribution in [1.82, 2.24) is 9.97 Å². The lowest BCUT2D eigenvalue weighted by atomic mass is 9.92. The Morgan fingerprint density at radius 1 is 1.19 bits per heavy atom. The molecule has 3 aliphatic rings. The summed E-state index contributed by atoms with van der Waals surface area (Å²) in [5, 5.41) is 5.46. The molecule has 2 aromatic rings. The predicted molar refractivity (Wildman–Crippen MR) is 118 cm³/mol. The van der Waals surface area contributed by atoms with E-state index in [1.54, 1.807) is 18.2 Å². The number of carbonyl (C=O) groups is 2. The van der Waals surface area contributed by atoms with Gasteiger partial charge in [-0.2, -0.15) is 4.98 Å². The van der Waals surface area contributed by atoms with E-state index >= 15 is 0 Å².